The third kappa shape index (κ3) is 2.71. The van der Waals surface area contributed by atoms with Crippen LogP contribution in [0.4, 0.5) is 0 Å². The molecule has 0 radical (unpaired) electrons. The lowest BCUT2D eigenvalue weighted by molar-refractivity contribution is 0.0813. The summed E-state index contributed by atoms with van der Waals surface area (Å²) in [4.78, 5) is 13.1. The second kappa shape index (κ2) is 4.63. The highest BCUT2D eigenvalue weighted by Crippen LogP contribution is 2.17. The van der Waals surface area contributed by atoms with Crippen molar-refractivity contribution in [3.63, 3.8) is 0 Å². The molecule has 0 saturated heterocycles. The molecule has 0 atom stereocenters. The maximum Gasteiger partial charge on any atom is 0.255 e. The molecule has 0 unspecified atom stereocenters. The van der Waals surface area contributed by atoms with Gasteiger partial charge in [-0.1, -0.05) is 5.92 Å². The zero-order chi connectivity index (χ0) is 9.84. The molecule has 0 aromatic carbocycles. The Morgan fingerprint density at radius 1 is 1.85 bits per heavy atom. The van der Waals surface area contributed by atoms with Crippen molar-refractivity contribution < 1.29 is 4.79 Å². The molecule has 0 fully saturated rings. The minimum atomic E-state index is -0.0166. The van der Waals surface area contributed by atoms with Crippen molar-refractivity contribution in [2.75, 3.05) is 13.6 Å². The van der Waals surface area contributed by atoms with E-state index in [1.54, 1.807) is 18.4 Å². The first-order valence-corrected chi connectivity index (χ1v) is 5.54. The summed E-state index contributed by atoms with van der Waals surface area (Å²) >= 11 is 3.74. The molecule has 2 nitrogen and oxygen atoms in total. The quantitative estimate of drug-likeness (QED) is 0.605. The van der Waals surface area contributed by atoms with Gasteiger partial charge in [0.05, 0.1) is 15.0 Å². The number of thiophene rings is 1. The first kappa shape index (κ1) is 10.5. The molecule has 0 aliphatic rings. The van der Waals surface area contributed by atoms with Gasteiger partial charge in [0.2, 0.25) is 0 Å². The average Bonchev–Trinajstić information content (AvgIpc) is 2.51. The van der Waals surface area contributed by atoms with Crippen molar-refractivity contribution in [3.05, 3.63) is 19.9 Å². The molecule has 1 aromatic heterocycles. The number of nitrogens with zero attached hydrogens (tertiary/aromatic N) is 1. The molecule has 13 heavy (non-hydrogen) atoms. The summed E-state index contributed by atoms with van der Waals surface area (Å²) < 4.78 is 1.11. The molecular weight excluding hydrogens is 297 g/mol. The molecule has 0 spiro atoms. The van der Waals surface area contributed by atoms with E-state index in [1.165, 1.54) is 4.90 Å². The minimum Gasteiger partial charge on any atom is -0.331 e. The van der Waals surface area contributed by atoms with E-state index in [1.807, 2.05) is 11.4 Å². The van der Waals surface area contributed by atoms with Gasteiger partial charge in [0.1, 0.15) is 0 Å². The number of rotatable bonds is 2. The van der Waals surface area contributed by atoms with Crippen molar-refractivity contribution in [3.8, 4) is 12.3 Å². The number of hydrogen-bond acceptors (Lipinski definition) is 2. The first-order chi connectivity index (χ1) is 6.15. The Morgan fingerprint density at radius 3 is 3.00 bits per heavy atom. The van der Waals surface area contributed by atoms with Gasteiger partial charge < -0.3 is 4.90 Å². The maximum atomic E-state index is 11.6. The molecule has 1 amide bonds. The number of carbonyl (C=O) groups excluding carboxylic acids is 1. The van der Waals surface area contributed by atoms with Crippen molar-refractivity contribution in [2.45, 2.75) is 0 Å². The van der Waals surface area contributed by atoms with Gasteiger partial charge in [-0.25, -0.2) is 0 Å². The molecule has 0 saturated carbocycles. The predicted molar refractivity (Wildman–Crippen MR) is 62.8 cm³/mol. The van der Waals surface area contributed by atoms with Crippen LogP contribution in [0.5, 0.6) is 0 Å². The topological polar surface area (TPSA) is 20.3 Å². The number of terminal acetylenes is 1. The molecule has 1 aromatic rings. The Labute approximate surface area is 95.1 Å². The summed E-state index contributed by atoms with van der Waals surface area (Å²) in [5.41, 5.74) is 0.715. The fourth-order valence-corrected chi connectivity index (χ4v) is 2.17. The lowest BCUT2D eigenvalue weighted by Gasteiger charge is -2.11. The van der Waals surface area contributed by atoms with Crippen LogP contribution in [0.1, 0.15) is 10.4 Å². The zero-order valence-corrected chi connectivity index (χ0v) is 10.1. The van der Waals surface area contributed by atoms with E-state index < -0.39 is 0 Å². The van der Waals surface area contributed by atoms with E-state index in [4.69, 9.17) is 6.42 Å². The normalized spacial score (nSPS) is 9.31. The highest BCUT2D eigenvalue weighted by molar-refractivity contribution is 14.1. The van der Waals surface area contributed by atoms with Crippen LogP contribution in [0.25, 0.3) is 0 Å². The van der Waals surface area contributed by atoms with E-state index in [0.717, 1.165) is 2.88 Å². The second-order valence-electron chi connectivity index (χ2n) is 2.50. The van der Waals surface area contributed by atoms with Crippen LogP contribution in [0.15, 0.2) is 11.4 Å². The van der Waals surface area contributed by atoms with Crippen LogP contribution < -0.4 is 0 Å². The van der Waals surface area contributed by atoms with Gasteiger partial charge in [-0.2, -0.15) is 0 Å². The van der Waals surface area contributed by atoms with Gasteiger partial charge in [0, 0.05) is 12.4 Å². The van der Waals surface area contributed by atoms with Crippen molar-refractivity contribution in [1.82, 2.24) is 4.90 Å². The monoisotopic (exact) mass is 305 g/mol. The molecule has 0 bridgehead atoms. The first-order valence-electron chi connectivity index (χ1n) is 3.58. The van der Waals surface area contributed by atoms with Gasteiger partial charge in [0.15, 0.2) is 0 Å². The Morgan fingerprint density at radius 2 is 2.54 bits per heavy atom. The van der Waals surface area contributed by atoms with Crippen LogP contribution in [0.3, 0.4) is 0 Å². The number of halogens is 1. The molecular formula is C9H8INOS. The fourth-order valence-electron chi connectivity index (χ4n) is 0.851. The molecule has 1 heterocycles. The van der Waals surface area contributed by atoms with E-state index in [9.17, 15) is 4.79 Å². The number of carbonyl (C=O) groups is 1. The van der Waals surface area contributed by atoms with E-state index in [2.05, 4.69) is 28.5 Å². The van der Waals surface area contributed by atoms with Crippen LogP contribution >= 0.6 is 33.9 Å². The average molecular weight is 305 g/mol. The summed E-state index contributed by atoms with van der Waals surface area (Å²) in [6.07, 6.45) is 5.11. The van der Waals surface area contributed by atoms with Gasteiger partial charge in [0.25, 0.3) is 5.91 Å². The van der Waals surface area contributed by atoms with Gasteiger partial charge in [-0.15, -0.1) is 17.8 Å². The van der Waals surface area contributed by atoms with Crippen LogP contribution in [-0.4, -0.2) is 24.4 Å². The summed E-state index contributed by atoms with van der Waals surface area (Å²) in [5, 5.41) is 1.84. The number of amides is 1. The summed E-state index contributed by atoms with van der Waals surface area (Å²) in [6, 6.07) is 1.86. The molecule has 4 heteroatoms. The Hall–Kier alpha value is -0.540. The van der Waals surface area contributed by atoms with Crippen molar-refractivity contribution in [2.24, 2.45) is 0 Å². The minimum absolute atomic E-state index is 0.0166. The predicted octanol–water partition coefficient (Wildman–Crippen LogP) is 2.06. The number of hydrogen-bond donors (Lipinski definition) is 0. The molecule has 0 aliphatic carbocycles. The third-order valence-electron chi connectivity index (χ3n) is 1.49. The van der Waals surface area contributed by atoms with Gasteiger partial charge >= 0.3 is 0 Å². The van der Waals surface area contributed by atoms with E-state index in [0.29, 0.717) is 12.1 Å². The second-order valence-corrected chi connectivity index (χ2v) is 5.31. The largest absolute Gasteiger partial charge is 0.331 e. The molecule has 68 valence electrons. The standard InChI is InChI=1S/C9H8INOS/c1-3-4-11(2)9(12)7-5-8(10)13-6-7/h1,5-6H,4H2,2H3. The van der Waals surface area contributed by atoms with Crippen molar-refractivity contribution >= 4 is 39.8 Å². The third-order valence-corrected chi connectivity index (χ3v) is 3.28. The van der Waals surface area contributed by atoms with E-state index in [-0.39, 0.29) is 5.91 Å². The Kier molecular flexibility index (Phi) is 3.75. The van der Waals surface area contributed by atoms with Crippen molar-refractivity contribution in [1.29, 1.82) is 0 Å². The van der Waals surface area contributed by atoms with Gasteiger partial charge in [-0.3, -0.25) is 4.79 Å². The lowest BCUT2D eigenvalue weighted by atomic mass is 10.3. The molecule has 0 N–H and O–H groups in total. The summed E-state index contributed by atoms with van der Waals surface area (Å²) in [7, 11) is 1.70. The summed E-state index contributed by atoms with van der Waals surface area (Å²) in [5.74, 6) is 2.41. The van der Waals surface area contributed by atoms with Crippen LogP contribution in [0.2, 0.25) is 0 Å². The Bertz CT molecular complexity index is 353. The Balaban J connectivity index is 2.74. The fraction of sp³-hybridized carbons (Fsp3) is 0.222. The maximum absolute atomic E-state index is 11.6. The smallest absolute Gasteiger partial charge is 0.255 e. The molecule has 0 aliphatic heterocycles. The lowest BCUT2D eigenvalue weighted by Crippen LogP contribution is -2.26. The van der Waals surface area contributed by atoms with Crippen LogP contribution in [-0.2, 0) is 0 Å². The highest BCUT2D eigenvalue weighted by atomic mass is 127. The van der Waals surface area contributed by atoms with Crippen LogP contribution in [0, 0.1) is 15.2 Å². The molecule has 1 rings (SSSR count). The zero-order valence-electron chi connectivity index (χ0n) is 7.08. The van der Waals surface area contributed by atoms with Gasteiger partial charge in [-0.05, 0) is 28.7 Å². The van der Waals surface area contributed by atoms with E-state index >= 15 is 0 Å². The highest BCUT2D eigenvalue weighted by Gasteiger charge is 2.11. The summed E-state index contributed by atoms with van der Waals surface area (Å²) in [6.45, 7) is 0.352. The SMILES string of the molecule is C#CCN(C)C(=O)c1csc(I)c1.